The van der Waals surface area contributed by atoms with Gasteiger partial charge in [0.05, 0.1) is 12.6 Å². The zero-order valence-corrected chi connectivity index (χ0v) is 16.0. The summed E-state index contributed by atoms with van der Waals surface area (Å²) in [7, 11) is 2.19. The number of likely N-dealkylation sites (N-methyl/N-ethyl adjacent to an activating group) is 1. The van der Waals surface area contributed by atoms with Gasteiger partial charge in [-0.1, -0.05) is 25.5 Å². The molecule has 0 spiro atoms. The largest absolute Gasteiger partial charge is 0.387 e. The van der Waals surface area contributed by atoms with E-state index in [-0.39, 0.29) is 5.41 Å². The summed E-state index contributed by atoms with van der Waals surface area (Å²) in [5.74, 6) is 0. The highest BCUT2D eigenvalue weighted by Gasteiger charge is 2.36. The van der Waals surface area contributed by atoms with Crippen LogP contribution in [0.2, 0.25) is 0 Å². The van der Waals surface area contributed by atoms with Crippen molar-refractivity contribution in [1.82, 2.24) is 14.5 Å². The lowest BCUT2D eigenvalue weighted by Gasteiger charge is -2.38. The van der Waals surface area contributed by atoms with Crippen LogP contribution in [-0.2, 0) is 18.5 Å². The van der Waals surface area contributed by atoms with Crippen LogP contribution in [-0.4, -0.2) is 33.1 Å². The molecular formula is C22H27N3O. The first-order valence-corrected chi connectivity index (χ1v) is 9.25. The topological polar surface area (TPSA) is 41.3 Å². The summed E-state index contributed by atoms with van der Waals surface area (Å²) in [6.07, 6.45) is 2.93. The molecule has 0 aliphatic carbocycles. The molecule has 0 saturated heterocycles. The highest BCUT2D eigenvalue weighted by Crippen LogP contribution is 2.40. The van der Waals surface area contributed by atoms with Gasteiger partial charge in [0.15, 0.2) is 0 Å². The van der Waals surface area contributed by atoms with Gasteiger partial charge in [-0.05, 0) is 49.4 Å². The van der Waals surface area contributed by atoms with Gasteiger partial charge in [-0.2, -0.15) is 0 Å². The number of aliphatic hydroxyl groups excluding tert-OH is 1. The minimum absolute atomic E-state index is 0.0349. The average molecular weight is 349 g/mol. The number of nitrogens with zero attached hydrogens (tertiary/aromatic N) is 3. The standard InChI is InChI=1S/C22H27N3O/c1-15-5-6-19-17(11-15)18-12-24(4)14-22(2,3)21(18)25(19)13-20(26)16-7-9-23-10-8-16/h5-11,20,26H,12-14H2,1-4H3. The van der Waals surface area contributed by atoms with Crippen molar-refractivity contribution in [1.29, 1.82) is 0 Å². The molecule has 1 aliphatic rings. The minimum Gasteiger partial charge on any atom is -0.387 e. The molecule has 0 bridgehead atoms. The lowest BCUT2D eigenvalue weighted by Crippen LogP contribution is -2.41. The van der Waals surface area contributed by atoms with Crippen LogP contribution < -0.4 is 0 Å². The van der Waals surface area contributed by atoms with Crippen LogP contribution in [0.1, 0.15) is 42.3 Å². The molecule has 1 atom stereocenters. The SMILES string of the molecule is Cc1ccc2c(c1)c1c(n2CC(O)c2ccncc2)C(C)(C)CN(C)C1. The van der Waals surface area contributed by atoms with E-state index in [0.717, 1.165) is 18.7 Å². The quantitative estimate of drug-likeness (QED) is 0.782. The molecule has 3 heterocycles. The van der Waals surface area contributed by atoms with Gasteiger partial charge in [0, 0.05) is 47.5 Å². The summed E-state index contributed by atoms with van der Waals surface area (Å²) in [5, 5.41) is 12.2. The summed E-state index contributed by atoms with van der Waals surface area (Å²) in [6, 6.07) is 10.5. The van der Waals surface area contributed by atoms with E-state index in [1.165, 1.54) is 27.7 Å². The van der Waals surface area contributed by atoms with E-state index in [4.69, 9.17) is 0 Å². The van der Waals surface area contributed by atoms with Gasteiger partial charge in [0.2, 0.25) is 0 Å². The molecule has 4 rings (SSSR count). The maximum absolute atomic E-state index is 10.9. The van der Waals surface area contributed by atoms with E-state index < -0.39 is 6.10 Å². The Kier molecular flexibility index (Phi) is 4.13. The van der Waals surface area contributed by atoms with Crippen LogP contribution >= 0.6 is 0 Å². The van der Waals surface area contributed by atoms with E-state index in [1.807, 2.05) is 12.1 Å². The normalized spacial score (nSPS) is 18.0. The summed E-state index contributed by atoms with van der Waals surface area (Å²) < 4.78 is 2.35. The Balaban J connectivity index is 1.89. The van der Waals surface area contributed by atoms with Gasteiger partial charge in [-0.15, -0.1) is 0 Å². The number of hydrogen-bond donors (Lipinski definition) is 1. The summed E-state index contributed by atoms with van der Waals surface area (Å²) in [4.78, 5) is 6.46. The van der Waals surface area contributed by atoms with Gasteiger partial charge in [0.1, 0.15) is 0 Å². The van der Waals surface area contributed by atoms with Crippen LogP contribution in [0.25, 0.3) is 10.9 Å². The molecule has 1 aromatic carbocycles. The molecule has 4 heteroatoms. The maximum atomic E-state index is 10.9. The van der Waals surface area contributed by atoms with Crippen molar-refractivity contribution in [3.05, 3.63) is 65.1 Å². The van der Waals surface area contributed by atoms with Crippen molar-refractivity contribution < 1.29 is 5.11 Å². The zero-order chi connectivity index (χ0) is 18.5. The van der Waals surface area contributed by atoms with Gasteiger partial charge in [-0.25, -0.2) is 0 Å². The molecular weight excluding hydrogens is 322 g/mol. The number of pyridine rings is 1. The second-order valence-corrected chi connectivity index (χ2v) is 8.31. The smallest absolute Gasteiger partial charge is 0.0970 e. The zero-order valence-electron chi connectivity index (χ0n) is 16.0. The lowest BCUT2D eigenvalue weighted by molar-refractivity contribution is 0.151. The van der Waals surface area contributed by atoms with Crippen molar-refractivity contribution >= 4 is 10.9 Å². The molecule has 2 aromatic heterocycles. The first-order chi connectivity index (χ1) is 12.4. The number of hydrogen-bond acceptors (Lipinski definition) is 3. The van der Waals surface area contributed by atoms with Crippen molar-refractivity contribution in [2.24, 2.45) is 0 Å². The van der Waals surface area contributed by atoms with Crippen LogP contribution in [0.4, 0.5) is 0 Å². The Morgan fingerprint density at radius 2 is 1.92 bits per heavy atom. The third kappa shape index (κ3) is 2.83. The molecule has 1 N–H and O–H groups in total. The fourth-order valence-electron chi connectivity index (χ4n) is 4.60. The van der Waals surface area contributed by atoms with Crippen LogP contribution in [0, 0.1) is 6.92 Å². The van der Waals surface area contributed by atoms with Crippen molar-refractivity contribution in [2.45, 2.75) is 45.4 Å². The monoisotopic (exact) mass is 349 g/mol. The van der Waals surface area contributed by atoms with Gasteiger partial charge in [-0.3, -0.25) is 4.98 Å². The average Bonchev–Trinajstić information content (AvgIpc) is 2.89. The van der Waals surface area contributed by atoms with E-state index in [0.29, 0.717) is 6.54 Å². The number of benzene rings is 1. The highest BCUT2D eigenvalue weighted by molar-refractivity contribution is 5.87. The summed E-state index contributed by atoms with van der Waals surface area (Å²) >= 11 is 0. The first-order valence-electron chi connectivity index (χ1n) is 9.25. The minimum atomic E-state index is -0.547. The Hall–Kier alpha value is -2.17. The van der Waals surface area contributed by atoms with E-state index in [2.05, 4.69) is 60.5 Å². The third-order valence-electron chi connectivity index (χ3n) is 5.50. The van der Waals surface area contributed by atoms with Crippen molar-refractivity contribution in [3.8, 4) is 0 Å². The summed E-state index contributed by atoms with van der Waals surface area (Å²) in [5.41, 5.74) is 6.21. The fourth-order valence-corrected chi connectivity index (χ4v) is 4.60. The molecule has 26 heavy (non-hydrogen) atoms. The number of aliphatic hydroxyl groups is 1. The summed E-state index contributed by atoms with van der Waals surface area (Å²) in [6.45, 7) is 9.29. The van der Waals surface area contributed by atoms with Crippen LogP contribution in [0.15, 0.2) is 42.7 Å². The van der Waals surface area contributed by atoms with Crippen molar-refractivity contribution in [3.63, 3.8) is 0 Å². The molecule has 3 aromatic rings. The molecule has 1 unspecified atom stereocenters. The Labute approximate surface area is 155 Å². The van der Waals surface area contributed by atoms with E-state index in [9.17, 15) is 5.11 Å². The lowest BCUT2D eigenvalue weighted by atomic mass is 9.82. The van der Waals surface area contributed by atoms with Gasteiger partial charge < -0.3 is 14.6 Å². The first kappa shape index (κ1) is 17.3. The van der Waals surface area contributed by atoms with E-state index >= 15 is 0 Å². The Morgan fingerprint density at radius 1 is 1.19 bits per heavy atom. The Morgan fingerprint density at radius 3 is 2.65 bits per heavy atom. The van der Waals surface area contributed by atoms with Crippen LogP contribution in [0.5, 0.6) is 0 Å². The molecule has 0 radical (unpaired) electrons. The van der Waals surface area contributed by atoms with E-state index in [1.54, 1.807) is 12.4 Å². The maximum Gasteiger partial charge on any atom is 0.0970 e. The number of rotatable bonds is 3. The number of aryl methyl sites for hydroxylation is 1. The molecule has 0 fully saturated rings. The second-order valence-electron chi connectivity index (χ2n) is 8.31. The molecule has 136 valence electrons. The second kappa shape index (κ2) is 6.22. The fraction of sp³-hybridized carbons (Fsp3) is 0.409. The molecule has 1 aliphatic heterocycles. The Bertz CT molecular complexity index is 943. The predicted octanol–water partition coefficient (Wildman–Crippen LogP) is 3.80. The third-order valence-corrected chi connectivity index (χ3v) is 5.50. The highest BCUT2D eigenvalue weighted by atomic mass is 16.3. The number of fused-ring (bicyclic) bond motifs is 3. The molecule has 0 saturated carbocycles. The predicted molar refractivity (Wildman–Crippen MR) is 105 cm³/mol. The molecule has 0 amide bonds. The van der Waals surface area contributed by atoms with Gasteiger partial charge in [0.25, 0.3) is 0 Å². The van der Waals surface area contributed by atoms with Gasteiger partial charge >= 0.3 is 0 Å². The van der Waals surface area contributed by atoms with Crippen molar-refractivity contribution in [2.75, 3.05) is 13.6 Å². The van der Waals surface area contributed by atoms with Crippen LogP contribution in [0.3, 0.4) is 0 Å². The molecule has 4 nitrogen and oxygen atoms in total. The number of aromatic nitrogens is 2.